The number of aromatic hydroxyl groups is 1. The van der Waals surface area contributed by atoms with Crippen molar-refractivity contribution >= 4 is 34.6 Å². The molecule has 0 radical (unpaired) electrons. The summed E-state index contributed by atoms with van der Waals surface area (Å²) in [7, 11) is 0. The van der Waals surface area contributed by atoms with Crippen LogP contribution < -0.4 is 5.73 Å². The molecule has 1 aliphatic carbocycles. The molecule has 46 heavy (non-hydrogen) atoms. The largest absolute Gasteiger partial charge is 0.508 e. The summed E-state index contributed by atoms with van der Waals surface area (Å²) in [4.78, 5) is 63.0. The van der Waals surface area contributed by atoms with Crippen LogP contribution in [0.1, 0.15) is 49.7 Å². The number of benzene rings is 3. The fourth-order valence-corrected chi connectivity index (χ4v) is 6.90. The van der Waals surface area contributed by atoms with Gasteiger partial charge in [0.2, 0.25) is 11.8 Å². The maximum absolute atomic E-state index is 14.0. The van der Waals surface area contributed by atoms with Gasteiger partial charge in [0, 0.05) is 13.0 Å². The molecule has 0 bridgehead atoms. The van der Waals surface area contributed by atoms with Gasteiger partial charge in [-0.3, -0.25) is 19.2 Å². The number of piperazine rings is 1. The van der Waals surface area contributed by atoms with Gasteiger partial charge in [-0.15, -0.1) is 0 Å². The molecule has 4 amide bonds. The van der Waals surface area contributed by atoms with Crippen molar-refractivity contribution in [1.82, 2.24) is 14.9 Å². The molecule has 2 aliphatic heterocycles. The summed E-state index contributed by atoms with van der Waals surface area (Å²) in [5, 5.41) is 13.0. The minimum atomic E-state index is -1.21. The predicted octanol–water partition coefficient (Wildman–Crippen LogP) is 3.90. The zero-order valence-corrected chi connectivity index (χ0v) is 25.8. The number of primary amides is 1. The topological polar surface area (TPSA) is 143 Å². The molecule has 3 aliphatic rings. The summed E-state index contributed by atoms with van der Waals surface area (Å²) < 4.78 is 5.77. The van der Waals surface area contributed by atoms with Crippen LogP contribution in [-0.4, -0.2) is 81.8 Å². The average Bonchev–Trinajstić information content (AvgIpc) is 3.06. The van der Waals surface area contributed by atoms with E-state index in [1.807, 2.05) is 42.5 Å². The molecule has 1 saturated carbocycles. The van der Waals surface area contributed by atoms with E-state index in [4.69, 9.17) is 15.3 Å². The molecule has 3 fully saturated rings. The smallest absolute Gasteiger partial charge is 0.436 e. The number of hydrogen-bond acceptors (Lipinski definition) is 7. The highest BCUT2D eigenvalue weighted by Crippen LogP contribution is 2.32. The van der Waals surface area contributed by atoms with E-state index in [-0.39, 0.29) is 31.2 Å². The average molecular weight is 629 g/mol. The number of nitrogens with zero attached hydrogens (tertiary/aromatic N) is 3. The molecule has 2 saturated heterocycles. The lowest BCUT2D eigenvalue weighted by Crippen LogP contribution is -2.74. The first-order chi connectivity index (χ1) is 22.3. The molecule has 3 atom stereocenters. The number of fused-ring (bicyclic) bond motifs is 2. The summed E-state index contributed by atoms with van der Waals surface area (Å²) in [5.74, 6) is -1.36. The first kappa shape index (κ1) is 31.3. The summed E-state index contributed by atoms with van der Waals surface area (Å²) in [6, 6.07) is 19.1. The lowest BCUT2D eigenvalue weighted by atomic mass is 9.90. The monoisotopic (exact) mass is 628 g/mol. The van der Waals surface area contributed by atoms with E-state index >= 15 is 0 Å². The van der Waals surface area contributed by atoms with Crippen molar-refractivity contribution in [2.75, 3.05) is 19.7 Å². The Bertz CT molecular complexity index is 1580. The van der Waals surface area contributed by atoms with Crippen molar-refractivity contribution in [1.29, 1.82) is 0 Å². The second-order valence-electron chi connectivity index (χ2n) is 12.5. The maximum atomic E-state index is 14.0. The lowest BCUT2D eigenvalue weighted by molar-refractivity contribution is -0.266. The van der Waals surface area contributed by atoms with E-state index in [2.05, 4.69) is 0 Å². The summed E-state index contributed by atoms with van der Waals surface area (Å²) in [6.07, 6.45) is 2.55. The van der Waals surface area contributed by atoms with Gasteiger partial charge in [0.1, 0.15) is 11.8 Å². The Balaban J connectivity index is 1.28. The van der Waals surface area contributed by atoms with Crippen molar-refractivity contribution in [2.24, 2.45) is 11.7 Å². The molecule has 2 heterocycles. The highest BCUT2D eigenvalue weighted by molar-refractivity contribution is 5.95. The van der Waals surface area contributed by atoms with E-state index in [0.717, 1.165) is 47.1 Å². The van der Waals surface area contributed by atoms with E-state index in [1.54, 1.807) is 17.0 Å². The number of phenolic OH excluding ortho intramolecular Hbond substituents is 1. The zero-order chi connectivity index (χ0) is 32.2. The van der Waals surface area contributed by atoms with E-state index in [0.29, 0.717) is 18.5 Å². The molecule has 3 aromatic rings. The van der Waals surface area contributed by atoms with Gasteiger partial charge in [0.25, 0.3) is 5.91 Å². The molecular weight excluding hydrogens is 588 g/mol. The van der Waals surface area contributed by atoms with Crippen molar-refractivity contribution < 1.29 is 33.9 Å². The number of hydrogen-bond donors (Lipinski definition) is 2. The van der Waals surface area contributed by atoms with Crippen LogP contribution in [0, 0.1) is 5.92 Å². The first-order valence-electron chi connectivity index (χ1n) is 16.0. The Morgan fingerprint density at radius 3 is 2.43 bits per heavy atom. The van der Waals surface area contributed by atoms with Crippen LogP contribution in [0.15, 0.2) is 66.7 Å². The number of nitrogens with two attached hydrogens (primary N) is 1. The quantitative estimate of drug-likeness (QED) is 0.366. The zero-order valence-electron chi connectivity index (χ0n) is 25.8. The molecule has 0 unspecified atom stereocenters. The van der Waals surface area contributed by atoms with Gasteiger partial charge in [0.15, 0.2) is 12.3 Å². The van der Waals surface area contributed by atoms with Crippen molar-refractivity contribution in [3.05, 3.63) is 77.9 Å². The minimum absolute atomic E-state index is 0.0188. The van der Waals surface area contributed by atoms with Crippen LogP contribution >= 0.6 is 0 Å². The third kappa shape index (κ3) is 6.79. The standard InChI is InChI=1S/C35H40N4O7/c36-31(41)20-29-33(42)37(18-17-26-11-6-10-25-9-4-5-12-28(25)26)21-32-38(29)34(43)30(19-23-13-15-27(40)16-14-23)46-39(32)35(44)45-22-24-7-2-1-3-8-24/h4-6,9-16,24,29-30,32,40H,1-3,7-8,17-22H2,(H2,36,41)/t29-,30-,32-/m0/s1. The van der Waals surface area contributed by atoms with Crippen LogP contribution in [0.25, 0.3) is 10.8 Å². The molecular formula is C35H40N4O7. The summed E-state index contributed by atoms with van der Waals surface area (Å²) >= 11 is 0. The number of rotatable bonds is 9. The van der Waals surface area contributed by atoms with E-state index in [1.165, 1.54) is 23.5 Å². The number of ether oxygens (including phenoxy) is 1. The highest BCUT2D eigenvalue weighted by Gasteiger charge is 2.53. The Hall–Kier alpha value is -4.64. The minimum Gasteiger partial charge on any atom is -0.508 e. The van der Waals surface area contributed by atoms with Crippen LogP contribution in [0.5, 0.6) is 5.75 Å². The molecule has 11 nitrogen and oxygen atoms in total. The number of hydroxylamine groups is 2. The van der Waals surface area contributed by atoms with Crippen molar-refractivity contribution in [2.45, 2.75) is 69.7 Å². The van der Waals surface area contributed by atoms with Gasteiger partial charge in [-0.1, -0.05) is 73.9 Å². The summed E-state index contributed by atoms with van der Waals surface area (Å²) in [5.41, 5.74) is 7.34. The van der Waals surface area contributed by atoms with Gasteiger partial charge in [-0.2, -0.15) is 5.06 Å². The molecule has 11 heteroatoms. The second-order valence-corrected chi connectivity index (χ2v) is 12.5. The first-order valence-corrected chi connectivity index (χ1v) is 16.0. The van der Waals surface area contributed by atoms with E-state index in [9.17, 15) is 24.3 Å². The Morgan fingerprint density at radius 1 is 0.935 bits per heavy atom. The van der Waals surface area contributed by atoms with Gasteiger partial charge < -0.3 is 25.4 Å². The van der Waals surface area contributed by atoms with Gasteiger partial charge in [-0.05, 0) is 59.2 Å². The Labute approximate surface area is 267 Å². The maximum Gasteiger partial charge on any atom is 0.436 e. The van der Waals surface area contributed by atoms with Crippen molar-refractivity contribution in [3.8, 4) is 5.75 Å². The Morgan fingerprint density at radius 2 is 1.67 bits per heavy atom. The van der Waals surface area contributed by atoms with Crippen molar-refractivity contribution in [3.63, 3.8) is 0 Å². The fourth-order valence-electron chi connectivity index (χ4n) is 6.90. The fraction of sp³-hybridized carbons (Fsp3) is 0.429. The number of carbonyl (C=O) groups is 4. The molecule has 3 N–H and O–H groups in total. The number of phenols is 1. The van der Waals surface area contributed by atoms with Gasteiger partial charge in [0.05, 0.1) is 19.6 Å². The molecule has 0 aromatic heterocycles. The molecule has 242 valence electrons. The third-order valence-corrected chi connectivity index (χ3v) is 9.31. The lowest BCUT2D eigenvalue weighted by Gasteiger charge is -2.52. The van der Waals surface area contributed by atoms with Crippen LogP contribution in [0.3, 0.4) is 0 Å². The molecule has 6 rings (SSSR count). The molecule has 0 spiro atoms. The van der Waals surface area contributed by atoms with Crippen LogP contribution in [-0.2, 0) is 36.8 Å². The Kier molecular flexibility index (Phi) is 9.39. The number of carbonyl (C=O) groups excluding carboxylic acids is 4. The predicted molar refractivity (Wildman–Crippen MR) is 169 cm³/mol. The van der Waals surface area contributed by atoms with Gasteiger partial charge >= 0.3 is 6.09 Å². The molecule has 3 aromatic carbocycles. The highest BCUT2D eigenvalue weighted by atomic mass is 16.7. The van der Waals surface area contributed by atoms with Gasteiger partial charge in [-0.25, -0.2) is 4.79 Å². The number of amides is 4. The third-order valence-electron chi connectivity index (χ3n) is 9.31. The second kappa shape index (κ2) is 13.8. The van der Waals surface area contributed by atoms with E-state index < -0.39 is 48.5 Å². The summed E-state index contributed by atoms with van der Waals surface area (Å²) in [6.45, 7) is 0.508. The normalized spacial score (nSPS) is 22.2. The SMILES string of the molecule is NC(=O)C[C@H]1C(=O)N(CCc2cccc3ccccc23)C[C@@H]2N(C(=O)OCC3CCCCC3)O[C@@H](Cc3ccc(O)cc3)C(=O)N21. The van der Waals surface area contributed by atoms with Crippen LogP contribution in [0.4, 0.5) is 4.79 Å². The van der Waals surface area contributed by atoms with Crippen LogP contribution in [0.2, 0.25) is 0 Å².